The smallest absolute Gasteiger partial charge is 0.422 e. The fourth-order valence-corrected chi connectivity index (χ4v) is 2.72. The molecule has 6 heteroatoms. The van der Waals surface area contributed by atoms with Crippen LogP contribution in [-0.2, 0) is 6.42 Å². The van der Waals surface area contributed by atoms with Crippen LogP contribution in [0, 0.1) is 0 Å². The maximum Gasteiger partial charge on any atom is 0.422 e. The molecule has 29 heavy (non-hydrogen) atoms. The molecule has 3 nitrogen and oxygen atoms in total. The highest BCUT2D eigenvalue weighted by atomic mass is 19.4. The molecule has 0 radical (unpaired) electrons. The van der Waals surface area contributed by atoms with Crippen LogP contribution in [0.25, 0.3) is 0 Å². The van der Waals surface area contributed by atoms with E-state index >= 15 is 0 Å². The number of halogens is 3. The fraction of sp³-hybridized carbons (Fsp3) is 0.391. The second-order valence-electron chi connectivity index (χ2n) is 6.87. The van der Waals surface area contributed by atoms with Crippen LogP contribution in [0.1, 0.15) is 55.7 Å². The number of unbranched alkanes of at least 4 members (excludes halogenated alkanes) is 4. The van der Waals surface area contributed by atoms with Crippen molar-refractivity contribution in [2.75, 3.05) is 6.61 Å². The zero-order chi connectivity index (χ0) is 21.0. The molecule has 0 fully saturated rings. The van der Waals surface area contributed by atoms with E-state index < -0.39 is 12.8 Å². The molecule has 0 atom stereocenters. The summed E-state index contributed by atoms with van der Waals surface area (Å²) in [5, 5.41) is 7.99. The molecule has 0 heterocycles. The highest BCUT2D eigenvalue weighted by Gasteiger charge is 2.28. The van der Waals surface area contributed by atoms with Gasteiger partial charge in [0.15, 0.2) is 6.61 Å². The van der Waals surface area contributed by atoms with Gasteiger partial charge in [-0.2, -0.15) is 23.4 Å². The van der Waals surface area contributed by atoms with Crippen LogP contribution < -0.4 is 4.74 Å². The van der Waals surface area contributed by atoms with E-state index in [4.69, 9.17) is 0 Å². The predicted molar refractivity (Wildman–Crippen MR) is 112 cm³/mol. The van der Waals surface area contributed by atoms with Gasteiger partial charge in [-0.1, -0.05) is 56.9 Å². The van der Waals surface area contributed by atoms with Gasteiger partial charge in [-0.25, -0.2) is 0 Å². The number of hydrogen-bond acceptors (Lipinski definition) is 3. The number of benzene rings is 2. The molecule has 0 bridgehead atoms. The summed E-state index contributed by atoms with van der Waals surface area (Å²) in [5.74, 6) is 0.161. The first kappa shape index (κ1) is 22.7. The van der Waals surface area contributed by atoms with E-state index in [1.165, 1.54) is 56.0 Å². The van der Waals surface area contributed by atoms with E-state index in [2.05, 4.69) is 34.0 Å². The molecule has 0 amide bonds. The van der Waals surface area contributed by atoms with Gasteiger partial charge in [-0.3, -0.25) is 0 Å². The summed E-state index contributed by atoms with van der Waals surface area (Å²) >= 11 is 0. The number of rotatable bonds is 11. The Morgan fingerprint density at radius 3 is 1.90 bits per heavy atom. The van der Waals surface area contributed by atoms with Crippen molar-refractivity contribution in [3.63, 3.8) is 0 Å². The van der Waals surface area contributed by atoms with E-state index in [1.807, 2.05) is 12.1 Å². The van der Waals surface area contributed by atoms with Crippen LogP contribution >= 0.6 is 0 Å². The third-order valence-electron chi connectivity index (χ3n) is 4.31. The highest BCUT2D eigenvalue weighted by molar-refractivity contribution is 5.82. The first-order chi connectivity index (χ1) is 14.0. The van der Waals surface area contributed by atoms with Gasteiger partial charge in [0, 0.05) is 0 Å². The molecule has 0 saturated carbocycles. The molecule has 0 aliphatic carbocycles. The Balaban J connectivity index is 1.76. The summed E-state index contributed by atoms with van der Waals surface area (Å²) < 4.78 is 41.0. The minimum Gasteiger partial charge on any atom is -0.484 e. The van der Waals surface area contributed by atoms with Gasteiger partial charge >= 0.3 is 6.18 Å². The third kappa shape index (κ3) is 9.92. The van der Waals surface area contributed by atoms with Crippen LogP contribution in [0.2, 0.25) is 0 Å². The third-order valence-corrected chi connectivity index (χ3v) is 4.31. The number of aryl methyl sites for hydroxylation is 1. The van der Waals surface area contributed by atoms with Crippen molar-refractivity contribution in [2.45, 2.75) is 51.6 Å². The quantitative estimate of drug-likeness (QED) is 0.236. The Morgan fingerprint density at radius 1 is 0.793 bits per heavy atom. The topological polar surface area (TPSA) is 34.0 Å². The largest absolute Gasteiger partial charge is 0.484 e. The van der Waals surface area contributed by atoms with E-state index in [0.717, 1.165) is 17.5 Å². The summed E-state index contributed by atoms with van der Waals surface area (Å²) in [5.41, 5.74) is 3.02. The van der Waals surface area contributed by atoms with Crippen LogP contribution in [0.15, 0.2) is 58.7 Å². The standard InChI is InChI=1S/C23H27F3N2O/c1-2-3-4-5-6-7-19-8-10-20(11-9-19)16-27-28-17-21-12-14-22(15-13-21)29-18-23(24,25)26/h8-17H,2-7,18H2,1H3. The van der Waals surface area contributed by atoms with Gasteiger partial charge in [0.25, 0.3) is 0 Å². The molecule has 0 saturated heterocycles. The van der Waals surface area contributed by atoms with Crippen LogP contribution in [0.3, 0.4) is 0 Å². The molecule has 2 aromatic rings. The molecule has 0 aliphatic rings. The van der Waals surface area contributed by atoms with Crippen molar-refractivity contribution in [1.29, 1.82) is 0 Å². The van der Waals surface area contributed by atoms with Gasteiger partial charge < -0.3 is 4.74 Å². The minimum absolute atomic E-state index is 0.161. The monoisotopic (exact) mass is 404 g/mol. The molecular weight excluding hydrogens is 377 g/mol. The average molecular weight is 404 g/mol. The summed E-state index contributed by atoms with van der Waals surface area (Å²) in [4.78, 5) is 0. The summed E-state index contributed by atoms with van der Waals surface area (Å²) in [7, 11) is 0. The zero-order valence-electron chi connectivity index (χ0n) is 16.7. The first-order valence-electron chi connectivity index (χ1n) is 9.91. The summed E-state index contributed by atoms with van der Waals surface area (Å²) in [6, 6.07) is 14.5. The minimum atomic E-state index is -4.35. The Kier molecular flexibility index (Phi) is 9.41. The van der Waals surface area contributed by atoms with Crippen LogP contribution in [0.5, 0.6) is 5.75 Å². The van der Waals surface area contributed by atoms with Crippen LogP contribution in [0.4, 0.5) is 13.2 Å². The molecule has 2 aromatic carbocycles. The highest BCUT2D eigenvalue weighted by Crippen LogP contribution is 2.18. The molecule has 0 N–H and O–H groups in total. The van der Waals surface area contributed by atoms with Gasteiger partial charge in [0.1, 0.15) is 5.75 Å². The second kappa shape index (κ2) is 12.0. The number of nitrogens with zero attached hydrogens (tertiary/aromatic N) is 2. The maximum absolute atomic E-state index is 12.1. The zero-order valence-corrected chi connectivity index (χ0v) is 16.7. The Bertz CT molecular complexity index is 766. The van der Waals surface area contributed by atoms with Gasteiger partial charge in [0.2, 0.25) is 0 Å². The van der Waals surface area contributed by atoms with Gasteiger partial charge in [-0.05, 0) is 53.8 Å². The molecule has 0 unspecified atom stereocenters. The first-order valence-corrected chi connectivity index (χ1v) is 9.91. The summed E-state index contributed by atoms with van der Waals surface area (Å²) in [6.45, 7) is 0.917. The normalized spacial score (nSPS) is 12.1. The van der Waals surface area contributed by atoms with Crippen LogP contribution in [-0.4, -0.2) is 25.2 Å². The van der Waals surface area contributed by atoms with E-state index in [-0.39, 0.29) is 5.75 Å². The Hall–Kier alpha value is -2.63. The van der Waals surface area contributed by atoms with Gasteiger partial charge in [0.05, 0.1) is 12.4 Å². The predicted octanol–water partition coefficient (Wildman–Crippen LogP) is 6.59. The van der Waals surface area contributed by atoms with Crippen molar-refractivity contribution in [3.05, 3.63) is 65.2 Å². The molecule has 156 valence electrons. The Morgan fingerprint density at radius 2 is 1.34 bits per heavy atom. The lowest BCUT2D eigenvalue weighted by Crippen LogP contribution is -2.19. The molecule has 0 aromatic heterocycles. The number of ether oxygens (including phenoxy) is 1. The SMILES string of the molecule is CCCCCCCc1ccc(C=NN=Cc2ccc(OCC(F)(F)F)cc2)cc1. The lowest BCUT2D eigenvalue weighted by Gasteiger charge is -2.08. The number of hydrogen-bond donors (Lipinski definition) is 0. The molecular formula is C23H27F3N2O. The second-order valence-corrected chi connectivity index (χ2v) is 6.87. The van der Waals surface area contributed by atoms with Crippen molar-refractivity contribution < 1.29 is 17.9 Å². The average Bonchev–Trinajstić information content (AvgIpc) is 2.71. The molecule has 0 aliphatic heterocycles. The Labute approximate surface area is 170 Å². The van der Waals surface area contributed by atoms with Crippen molar-refractivity contribution in [2.24, 2.45) is 10.2 Å². The van der Waals surface area contributed by atoms with Crippen molar-refractivity contribution in [3.8, 4) is 5.75 Å². The molecule has 2 rings (SSSR count). The summed E-state index contributed by atoms with van der Waals surface area (Å²) in [6.07, 6.45) is 6.34. The lowest BCUT2D eigenvalue weighted by molar-refractivity contribution is -0.153. The fourth-order valence-electron chi connectivity index (χ4n) is 2.72. The number of alkyl halides is 3. The van der Waals surface area contributed by atoms with E-state index in [9.17, 15) is 13.2 Å². The van der Waals surface area contributed by atoms with Crippen molar-refractivity contribution >= 4 is 12.4 Å². The van der Waals surface area contributed by atoms with E-state index in [0.29, 0.717) is 0 Å². The lowest BCUT2D eigenvalue weighted by atomic mass is 10.0. The van der Waals surface area contributed by atoms with Gasteiger partial charge in [-0.15, -0.1) is 0 Å². The van der Waals surface area contributed by atoms with Crippen molar-refractivity contribution in [1.82, 2.24) is 0 Å². The van der Waals surface area contributed by atoms with E-state index in [1.54, 1.807) is 18.3 Å². The maximum atomic E-state index is 12.1. The molecule has 0 spiro atoms.